The fourth-order valence-corrected chi connectivity index (χ4v) is 2.17. The molecule has 0 amide bonds. The zero-order valence-corrected chi connectivity index (χ0v) is 11.7. The molecular weight excluding hydrogens is 287 g/mol. The lowest BCUT2D eigenvalue weighted by Crippen LogP contribution is -2.12. The molecule has 1 rings (SSSR count). The number of benzene rings is 1. The van der Waals surface area contributed by atoms with Crippen LogP contribution in [0.5, 0.6) is 0 Å². The average molecular weight is 303 g/mol. The van der Waals surface area contributed by atoms with Gasteiger partial charge in [-0.3, -0.25) is 4.79 Å². The van der Waals surface area contributed by atoms with Crippen molar-refractivity contribution in [2.75, 3.05) is 0 Å². The second kappa shape index (κ2) is 5.63. The Morgan fingerprint density at radius 2 is 2.00 bits per heavy atom. The molecular formula is C13H16BrFO2. The van der Waals surface area contributed by atoms with Crippen LogP contribution in [0.2, 0.25) is 0 Å². The molecule has 94 valence electrons. The largest absolute Gasteiger partial charge is 0.481 e. The highest BCUT2D eigenvalue weighted by molar-refractivity contribution is 9.10. The van der Waals surface area contributed by atoms with Crippen LogP contribution in [0, 0.1) is 11.7 Å². The maximum absolute atomic E-state index is 13.8. The second-order valence-electron chi connectivity index (χ2n) is 4.58. The van der Waals surface area contributed by atoms with E-state index in [2.05, 4.69) is 15.9 Å². The van der Waals surface area contributed by atoms with E-state index in [4.69, 9.17) is 5.11 Å². The van der Waals surface area contributed by atoms with Crippen LogP contribution in [-0.2, 0) is 11.2 Å². The Kier molecular flexibility index (Phi) is 4.69. The molecule has 0 aliphatic rings. The zero-order chi connectivity index (χ0) is 13.2. The van der Waals surface area contributed by atoms with Crippen LogP contribution in [0.1, 0.15) is 37.8 Å². The number of hydrogen-bond donors (Lipinski definition) is 1. The number of rotatable bonds is 4. The number of carboxylic acids is 1. The molecule has 1 unspecified atom stereocenters. The highest BCUT2D eigenvalue weighted by Crippen LogP contribution is 2.27. The monoisotopic (exact) mass is 302 g/mol. The summed E-state index contributed by atoms with van der Waals surface area (Å²) in [5, 5.41) is 8.86. The second-order valence-corrected chi connectivity index (χ2v) is 5.43. The first-order chi connectivity index (χ1) is 7.82. The van der Waals surface area contributed by atoms with Crippen LogP contribution in [0.3, 0.4) is 0 Å². The van der Waals surface area contributed by atoms with Crippen molar-refractivity contribution < 1.29 is 14.3 Å². The first-order valence-electron chi connectivity index (χ1n) is 5.53. The molecule has 0 radical (unpaired) electrons. The minimum absolute atomic E-state index is 0.0754. The van der Waals surface area contributed by atoms with Crippen molar-refractivity contribution in [1.29, 1.82) is 0 Å². The fourth-order valence-electron chi connectivity index (χ4n) is 1.65. The molecule has 0 aromatic heterocycles. The predicted molar refractivity (Wildman–Crippen MR) is 68.7 cm³/mol. The summed E-state index contributed by atoms with van der Waals surface area (Å²) >= 11 is 3.17. The van der Waals surface area contributed by atoms with Crippen molar-refractivity contribution in [1.82, 2.24) is 0 Å². The third kappa shape index (κ3) is 3.53. The van der Waals surface area contributed by atoms with Gasteiger partial charge >= 0.3 is 5.97 Å². The molecule has 2 nitrogen and oxygen atoms in total. The SMILES string of the molecule is CC(Cc1cc(Br)c(F)c(C(C)C)c1)C(=O)O. The molecule has 1 aromatic rings. The van der Waals surface area contributed by atoms with Gasteiger partial charge in [0.15, 0.2) is 0 Å². The molecule has 0 saturated heterocycles. The molecule has 0 heterocycles. The van der Waals surface area contributed by atoms with Crippen LogP contribution in [-0.4, -0.2) is 11.1 Å². The van der Waals surface area contributed by atoms with Gasteiger partial charge in [-0.05, 0) is 45.5 Å². The highest BCUT2D eigenvalue weighted by atomic mass is 79.9. The summed E-state index contributed by atoms with van der Waals surface area (Å²) in [5.74, 6) is -1.48. The molecule has 0 aliphatic carbocycles. The van der Waals surface area contributed by atoms with Gasteiger partial charge in [0, 0.05) is 0 Å². The van der Waals surface area contributed by atoms with Crippen molar-refractivity contribution in [3.05, 3.63) is 33.5 Å². The lowest BCUT2D eigenvalue weighted by atomic mass is 9.95. The lowest BCUT2D eigenvalue weighted by Gasteiger charge is -2.13. The van der Waals surface area contributed by atoms with E-state index in [0.29, 0.717) is 16.5 Å². The predicted octanol–water partition coefficient (Wildman–Crippen LogP) is 3.97. The zero-order valence-electron chi connectivity index (χ0n) is 10.1. The minimum Gasteiger partial charge on any atom is -0.481 e. The van der Waals surface area contributed by atoms with Gasteiger partial charge in [0.05, 0.1) is 10.4 Å². The quantitative estimate of drug-likeness (QED) is 0.913. The van der Waals surface area contributed by atoms with Crippen molar-refractivity contribution >= 4 is 21.9 Å². The van der Waals surface area contributed by atoms with Crippen molar-refractivity contribution in [3.8, 4) is 0 Å². The highest BCUT2D eigenvalue weighted by Gasteiger charge is 2.16. The third-order valence-corrected chi connectivity index (χ3v) is 3.28. The van der Waals surface area contributed by atoms with Crippen LogP contribution in [0.15, 0.2) is 16.6 Å². The third-order valence-electron chi connectivity index (χ3n) is 2.70. The Morgan fingerprint density at radius 1 is 1.41 bits per heavy atom. The molecule has 4 heteroatoms. The number of hydrogen-bond acceptors (Lipinski definition) is 1. The molecule has 1 aromatic carbocycles. The van der Waals surface area contributed by atoms with E-state index in [0.717, 1.165) is 5.56 Å². The van der Waals surface area contributed by atoms with Gasteiger partial charge in [-0.15, -0.1) is 0 Å². The topological polar surface area (TPSA) is 37.3 Å². The van der Waals surface area contributed by atoms with Gasteiger partial charge in [0.1, 0.15) is 5.82 Å². The Morgan fingerprint density at radius 3 is 2.47 bits per heavy atom. The Balaban J connectivity index is 3.06. The summed E-state index contributed by atoms with van der Waals surface area (Å²) in [4.78, 5) is 10.8. The molecule has 0 fully saturated rings. The normalized spacial score (nSPS) is 12.8. The maximum atomic E-state index is 13.8. The van der Waals surface area contributed by atoms with Crippen LogP contribution in [0.4, 0.5) is 4.39 Å². The van der Waals surface area contributed by atoms with Crippen LogP contribution < -0.4 is 0 Å². The Hall–Kier alpha value is -0.900. The minimum atomic E-state index is -0.837. The van der Waals surface area contributed by atoms with Gasteiger partial charge in [-0.25, -0.2) is 4.39 Å². The van der Waals surface area contributed by atoms with Gasteiger partial charge in [-0.2, -0.15) is 0 Å². The smallest absolute Gasteiger partial charge is 0.306 e. The van der Waals surface area contributed by atoms with E-state index in [-0.39, 0.29) is 11.7 Å². The van der Waals surface area contributed by atoms with Crippen LogP contribution >= 0.6 is 15.9 Å². The van der Waals surface area contributed by atoms with Crippen molar-refractivity contribution in [2.24, 2.45) is 5.92 Å². The Bertz CT molecular complexity index is 430. The van der Waals surface area contributed by atoms with E-state index >= 15 is 0 Å². The van der Waals surface area contributed by atoms with E-state index in [1.165, 1.54) is 0 Å². The van der Waals surface area contributed by atoms with E-state index in [1.54, 1.807) is 19.1 Å². The van der Waals surface area contributed by atoms with Gasteiger partial charge in [-0.1, -0.05) is 26.8 Å². The summed E-state index contributed by atoms with van der Waals surface area (Å²) < 4.78 is 14.2. The van der Waals surface area contributed by atoms with Gasteiger partial charge in [0.2, 0.25) is 0 Å². The molecule has 1 atom stereocenters. The summed E-state index contributed by atoms with van der Waals surface area (Å²) in [7, 11) is 0. The average Bonchev–Trinajstić information content (AvgIpc) is 2.22. The number of halogens is 2. The summed E-state index contributed by atoms with van der Waals surface area (Å²) in [6, 6.07) is 3.41. The summed E-state index contributed by atoms with van der Waals surface area (Å²) in [5.41, 5.74) is 1.46. The van der Waals surface area contributed by atoms with Gasteiger partial charge in [0.25, 0.3) is 0 Å². The lowest BCUT2D eigenvalue weighted by molar-refractivity contribution is -0.141. The maximum Gasteiger partial charge on any atom is 0.306 e. The number of carbonyl (C=O) groups is 1. The molecule has 0 spiro atoms. The molecule has 0 bridgehead atoms. The van der Waals surface area contributed by atoms with E-state index < -0.39 is 11.9 Å². The fraction of sp³-hybridized carbons (Fsp3) is 0.462. The standard InChI is InChI=1S/C13H16BrFO2/c1-7(2)10-5-9(4-8(3)13(16)17)6-11(14)12(10)15/h5-8H,4H2,1-3H3,(H,16,17). The van der Waals surface area contributed by atoms with Crippen molar-refractivity contribution in [3.63, 3.8) is 0 Å². The number of carboxylic acid groups (broad SMARTS) is 1. The summed E-state index contributed by atoms with van der Waals surface area (Å²) in [6.45, 7) is 5.47. The van der Waals surface area contributed by atoms with Gasteiger partial charge < -0.3 is 5.11 Å². The molecule has 0 aliphatic heterocycles. The van der Waals surface area contributed by atoms with Crippen LogP contribution in [0.25, 0.3) is 0 Å². The van der Waals surface area contributed by atoms with E-state index in [1.807, 2.05) is 13.8 Å². The first-order valence-corrected chi connectivity index (χ1v) is 6.32. The molecule has 0 saturated carbocycles. The van der Waals surface area contributed by atoms with Crippen molar-refractivity contribution in [2.45, 2.75) is 33.1 Å². The number of aliphatic carboxylic acids is 1. The van der Waals surface area contributed by atoms with E-state index in [9.17, 15) is 9.18 Å². The molecule has 17 heavy (non-hydrogen) atoms. The Labute approximate surface area is 109 Å². The first kappa shape index (κ1) is 14.2. The summed E-state index contributed by atoms with van der Waals surface area (Å²) in [6.07, 6.45) is 0.411. The molecule has 1 N–H and O–H groups in total.